The Morgan fingerprint density at radius 3 is 2.41 bits per heavy atom. The van der Waals surface area contributed by atoms with E-state index in [4.69, 9.17) is 32.7 Å². The molecule has 6 nitrogen and oxygen atoms in total. The van der Waals surface area contributed by atoms with Crippen LogP contribution in [0.25, 0.3) is 0 Å². The molecule has 8 heteroatoms. The number of para-hydroxylation sites is 2. The molecule has 1 N–H and O–H groups in total. The first-order valence-electron chi connectivity index (χ1n) is 11.7. The molecule has 34 heavy (non-hydrogen) atoms. The lowest BCUT2D eigenvalue weighted by atomic mass is 9.95. The Hall–Kier alpha value is -2.44. The van der Waals surface area contributed by atoms with Gasteiger partial charge in [0.15, 0.2) is 18.1 Å². The van der Waals surface area contributed by atoms with Crippen LogP contribution in [0.15, 0.2) is 42.5 Å². The van der Waals surface area contributed by atoms with Gasteiger partial charge in [0, 0.05) is 12.6 Å². The first-order valence-corrected chi connectivity index (χ1v) is 12.5. The van der Waals surface area contributed by atoms with Crippen molar-refractivity contribution in [3.05, 3.63) is 58.1 Å². The van der Waals surface area contributed by atoms with Crippen LogP contribution in [0.3, 0.4) is 0 Å². The zero-order valence-corrected chi connectivity index (χ0v) is 21.2. The van der Waals surface area contributed by atoms with Gasteiger partial charge in [-0.2, -0.15) is 0 Å². The summed E-state index contributed by atoms with van der Waals surface area (Å²) in [6.45, 7) is 1.89. The fraction of sp³-hybridized carbons (Fsp3) is 0.462. The molecule has 2 amide bonds. The van der Waals surface area contributed by atoms with Crippen molar-refractivity contribution in [2.45, 2.75) is 64.1 Å². The summed E-state index contributed by atoms with van der Waals surface area (Å²) in [6.07, 6.45) is 5.84. The number of hydrogen-bond donors (Lipinski definition) is 1. The van der Waals surface area contributed by atoms with Crippen LogP contribution < -0.4 is 14.8 Å². The maximum Gasteiger partial charge on any atom is 0.261 e. The Morgan fingerprint density at radius 2 is 1.76 bits per heavy atom. The third-order valence-corrected chi connectivity index (χ3v) is 6.83. The second kappa shape index (κ2) is 12.9. The first-order chi connectivity index (χ1) is 16.4. The van der Waals surface area contributed by atoms with Crippen molar-refractivity contribution in [2.24, 2.45) is 0 Å². The summed E-state index contributed by atoms with van der Waals surface area (Å²) >= 11 is 12.3. The number of halogens is 2. The van der Waals surface area contributed by atoms with Gasteiger partial charge in [-0.3, -0.25) is 9.59 Å². The Morgan fingerprint density at radius 1 is 1.06 bits per heavy atom. The topological polar surface area (TPSA) is 67.9 Å². The zero-order chi connectivity index (χ0) is 24.5. The number of nitrogens with one attached hydrogen (secondary N) is 1. The minimum absolute atomic E-state index is 0.139. The minimum atomic E-state index is -0.634. The molecule has 0 bridgehead atoms. The number of amides is 2. The molecule has 2 aromatic rings. The highest BCUT2D eigenvalue weighted by atomic mass is 35.5. The maximum absolute atomic E-state index is 13.4. The van der Waals surface area contributed by atoms with Gasteiger partial charge in [0.25, 0.3) is 5.91 Å². The van der Waals surface area contributed by atoms with E-state index in [0.717, 1.165) is 31.2 Å². The van der Waals surface area contributed by atoms with Gasteiger partial charge in [-0.15, -0.1) is 0 Å². The average Bonchev–Trinajstić information content (AvgIpc) is 2.85. The van der Waals surface area contributed by atoms with Crippen molar-refractivity contribution >= 4 is 35.0 Å². The predicted octanol–water partition coefficient (Wildman–Crippen LogP) is 5.64. The molecule has 1 aliphatic carbocycles. The molecule has 1 fully saturated rings. The molecular formula is C26H32Cl2N2O4. The third kappa shape index (κ3) is 7.03. The second-order valence-electron chi connectivity index (χ2n) is 8.48. The zero-order valence-electron chi connectivity index (χ0n) is 19.7. The highest BCUT2D eigenvalue weighted by Gasteiger charge is 2.30. The molecular weight excluding hydrogens is 475 g/mol. The molecule has 0 aliphatic heterocycles. The molecule has 0 aromatic heterocycles. The molecule has 1 aliphatic rings. The molecule has 0 saturated heterocycles. The van der Waals surface area contributed by atoms with Crippen molar-refractivity contribution in [3.8, 4) is 11.5 Å². The monoisotopic (exact) mass is 506 g/mol. The van der Waals surface area contributed by atoms with Gasteiger partial charge in [0.2, 0.25) is 5.91 Å². The van der Waals surface area contributed by atoms with Gasteiger partial charge in [-0.25, -0.2) is 0 Å². The van der Waals surface area contributed by atoms with Crippen LogP contribution in [-0.4, -0.2) is 42.5 Å². The Bertz CT molecular complexity index is 979. The van der Waals surface area contributed by atoms with Gasteiger partial charge in [-0.1, -0.05) is 67.6 Å². The van der Waals surface area contributed by atoms with Gasteiger partial charge < -0.3 is 19.7 Å². The van der Waals surface area contributed by atoms with Crippen LogP contribution in [0, 0.1) is 0 Å². The SMILES string of the molecule is CC[C@H](C(=O)NC1CCCCC1)N(Cc1ccc(Cl)c(Cl)c1)C(=O)COc1ccccc1OC. The Balaban J connectivity index is 1.79. The molecule has 3 rings (SSSR count). The molecule has 184 valence electrons. The van der Waals surface area contributed by atoms with E-state index >= 15 is 0 Å². The van der Waals surface area contributed by atoms with Crippen LogP contribution in [-0.2, 0) is 16.1 Å². The molecule has 1 atom stereocenters. The summed E-state index contributed by atoms with van der Waals surface area (Å²) < 4.78 is 11.1. The normalized spacial score (nSPS) is 14.8. The molecule has 0 spiro atoms. The van der Waals surface area contributed by atoms with Crippen LogP contribution in [0.4, 0.5) is 0 Å². The van der Waals surface area contributed by atoms with Crippen LogP contribution in [0.1, 0.15) is 51.0 Å². The van der Waals surface area contributed by atoms with Crippen molar-refractivity contribution in [1.29, 1.82) is 0 Å². The van der Waals surface area contributed by atoms with E-state index in [2.05, 4.69) is 5.32 Å². The summed E-state index contributed by atoms with van der Waals surface area (Å²) in [5, 5.41) is 4.00. The van der Waals surface area contributed by atoms with Crippen molar-refractivity contribution < 1.29 is 19.1 Å². The smallest absolute Gasteiger partial charge is 0.261 e. The summed E-state index contributed by atoms with van der Waals surface area (Å²) in [6, 6.07) is 11.9. The van der Waals surface area contributed by atoms with Crippen LogP contribution in [0.5, 0.6) is 11.5 Å². The lowest BCUT2D eigenvalue weighted by Gasteiger charge is -2.32. The maximum atomic E-state index is 13.4. The lowest BCUT2D eigenvalue weighted by molar-refractivity contribution is -0.143. The van der Waals surface area contributed by atoms with E-state index < -0.39 is 6.04 Å². The fourth-order valence-electron chi connectivity index (χ4n) is 4.26. The Labute approximate surface area is 211 Å². The van der Waals surface area contributed by atoms with E-state index in [1.165, 1.54) is 6.42 Å². The number of rotatable bonds is 10. The summed E-state index contributed by atoms with van der Waals surface area (Å²) in [5.74, 6) is 0.559. The van der Waals surface area contributed by atoms with Crippen molar-refractivity contribution in [3.63, 3.8) is 0 Å². The fourth-order valence-corrected chi connectivity index (χ4v) is 4.58. The lowest BCUT2D eigenvalue weighted by Crippen LogP contribution is -2.52. The second-order valence-corrected chi connectivity index (χ2v) is 9.29. The number of nitrogens with zero attached hydrogens (tertiary/aromatic N) is 1. The first kappa shape index (κ1) is 26.2. The van der Waals surface area contributed by atoms with E-state index in [9.17, 15) is 9.59 Å². The summed E-state index contributed by atoms with van der Waals surface area (Å²) in [5.41, 5.74) is 0.781. The van der Waals surface area contributed by atoms with Crippen molar-refractivity contribution in [1.82, 2.24) is 10.2 Å². The molecule has 2 aromatic carbocycles. The van der Waals surface area contributed by atoms with Gasteiger partial charge in [0.1, 0.15) is 6.04 Å². The predicted molar refractivity (Wildman–Crippen MR) is 135 cm³/mol. The number of carbonyl (C=O) groups excluding carboxylic acids is 2. The summed E-state index contributed by atoms with van der Waals surface area (Å²) in [7, 11) is 1.54. The number of carbonyl (C=O) groups is 2. The highest BCUT2D eigenvalue weighted by Crippen LogP contribution is 2.27. The number of hydrogen-bond acceptors (Lipinski definition) is 4. The van der Waals surface area contributed by atoms with Crippen LogP contribution >= 0.6 is 23.2 Å². The third-order valence-electron chi connectivity index (χ3n) is 6.09. The standard InChI is InChI=1S/C26H32Cl2N2O4/c1-3-22(26(32)29-19-9-5-4-6-10-19)30(16-18-13-14-20(27)21(28)15-18)25(31)17-34-24-12-8-7-11-23(24)33-2/h7-8,11-15,19,22H,3-6,9-10,16-17H2,1-2H3,(H,29,32)/t22-/m1/s1. The quantitative estimate of drug-likeness (QED) is 0.452. The highest BCUT2D eigenvalue weighted by molar-refractivity contribution is 6.42. The van der Waals surface area contributed by atoms with Crippen LogP contribution in [0.2, 0.25) is 10.0 Å². The van der Waals surface area contributed by atoms with E-state index in [1.807, 2.05) is 19.1 Å². The van der Waals surface area contributed by atoms with E-state index in [1.54, 1.807) is 42.3 Å². The van der Waals surface area contributed by atoms with Gasteiger partial charge >= 0.3 is 0 Å². The average molecular weight is 507 g/mol. The number of ether oxygens (including phenoxy) is 2. The summed E-state index contributed by atoms with van der Waals surface area (Å²) in [4.78, 5) is 28.2. The van der Waals surface area contributed by atoms with E-state index in [-0.39, 0.29) is 31.0 Å². The molecule has 0 radical (unpaired) electrons. The molecule has 0 heterocycles. The Kier molecular flexibility index (Phi) is 9.90. The molecule has 1 saturated carbocycles. The molecule has 0 unspecified atom stereocenters. The van der Waals surface area contributed by atoms with E-state index in [0.29, 0.717) is 28.0 Å². The largest absolute Gasteiger partial charge is 0.493 e. The van der Waals surface area contributed by atoms with Gasteiger partial charge in [-0.05, 0) is 49.1 Å². The number of benzene rings is 2. The minimum Gasteiger partial charge on any atom is -0.493 e. The van der Waals surface area contributed by atoms with Crippen molar-refractivity contribution in [2.75, 3.05) is 13.7 Å². The number of methoxy groups -OCH3 is 1. The van der Waals surface area contributed by atoms with Gasteiger partial charge in [0.05, 0.1) is 17.2 Å².